The first kappa shape index (κ1) is 13.7. The predicted octanol–water partition coefficient (Wildman–Crippen LogP) is 2.77. The van der Waals surface area contributed by atoms with Gasteiger partial charge < -0.3 is 0 Å². The summed E-state index contributed by atoms with van der Waals surface area (Å²) in [6, 6.07) is 12.4. The van der Waals surface area contributed by atoms with Crippen molar-refractivity contribution < 1.29 is 0 Å². The van der Waals surface area contributed by atoms with Crippen LogP contribution < -0.4 is 11.3 Å². The summed E-state index contributed by atoms with van der Waals surface area (Å²) in [5, 5.41) is 2.34. The molecule has 2 aromatic heterocycles. The molecule has 106 valence electrons. The first-order valence-electron chi connectivity index (χ1n) is 7.06. The Morgan fingerprint density at radius 1 is 1.00 bits per heavy atom. The summed E-state index contributed by atoms with van der Waals surface area (Å²) < 4.78 is 0. The van der Waals surface area contributed by atoms with Crippen LogP contribution in [0.3, 0.4) is 0 Å². The van der Waals surface area contributed by atoms with Crippen LogP contribution in [0.1, 0.15) is 23.6 Å². The van der Waals surface area contributed by atoms with Crippen LogP contribution in [0.5, 0.6) is 0 Å². The number of pyridine rings is 2. The van der Waals surface area contributed by atoms with Gasteiger partial charge in [0.05, 0.1) is 0 Å². The summed E-state index contributed by atoms with van der Waals surface area (Å²) in [5.41, 5.74) is 5.33. The monoisotopic (exact) mass is 278 g/mol. The lowest BCUT2D eigenvalue weighted by molar-refractivity contribution is 0.518. The summed E-state index contributed by atoms with van der Waals surface area (Å²) in [6.45, 7) is 0. The van der Waals surface area contributed by atoms with Gasteiger partial charge in [-0.05, 0) is 41.5 Å². The molecule has 0 fully saturated rings. The maximum atomic E-state index is 5.77. The average Bonchev–Trinajstić information content (AvgIpc) is 2.56. The highest BCUT2D eigenvalue weighted by Gasteiger charge is 2.13. The van der Waals surface area contributed by atoms with E-state index in [4.69, 9.17) is 5.84 Å². The second-order valence-electron chi connectivity index (χ2n) is 5.06. The molecule has 0 aliphatic rings. The van der Waals surface area contributed by atoms with Crippen LogP contribution in [0.2, 0.25) is 0 Å². The maximum absolute atomic E-state index is 5.77. The number of nitrogens with zero attached hydrogens (tertiary/aromatic N) is 2. The number of aryl methyl sites for hydroxylation is 1. The largest absolute Gasteiger partial charge is 0.271 e. The molecule has 1 atom stereocenters. The molecule has 1 unspecified atom stereocenters. The van der Waals surface area contributed by atoms with Crippen molar-refractivity contribution in [1.82, 2.24) is 15.4 Å². The quantitative estimate of drug-likeness (QED) is 0.556. The molecule has 0 spiro atoms. The number of rotatable bonds is 5. The minimum atomic E-state index is 0.0803. The first-order chi connectivity index (χ1) is 10.4. The fraction of sp³-hybridized carbons (Fsp3) is 0.176. The van der Waals surface area contributed by atoms with Crippen molar-refractivity contribution >= 4 is 10.8 Å². The number of nitrogens with one attached hydrogen (secondary N) is 1. The van der Waals surface area contributed by atoms with Gasteiger partial charge in [0, 0.05) is 36.2 Å². The molecule has 0 saturated carbocycles. The summed E-state index contributed by atoms with van der Waals surface area (Å²) >= 11 is 0. The van der Waals surface area contributed by atoms with Crippen LogP contribution in [0, 0.1) is 0 Å². The van der Waals surface area contributed by atoms with Crippen LogP contribution in [-0.4, -0.2) is 9.97 Å². The zero-order valence-corrected chi connectivity index (χ0v) is 11.7. The molecule has 0 aliphatic carbocycles. The van der Waals surface area contributed by atoms with Gasteiger partial charge in [0.2, 0.25) is 0 Å². The Morgan fingerprint density at radius 3 is 2.62 bits per heavy atom. The third-order valence-corrected chi connectivity index (χ3v) is 3.75. The number of fused-ring (bicyclic) bond motifs is 1. The summed E-state index contributed by atoms with van der Waals surface area (Å²) in [6.07, 6.45) is 9.28. The molecule has 0 bridgehead atoms. The SMILES string of the molecule is NNC(CCc1ccncc1)c1cncc2ccccc12. The lowest BCUT2D eigenvalue weighted by Crippen LogP contribution is -2.28. The Labute approximate surface area is 124 Å². The molecular formula is C17H18N4. The molecular weight excluding hydrogens is 260 g/mol. The zero-order valence-electron chi connectivity index (χ0n) is 11.7. The lowest BCUT2D eigenvalue weighted by atomic mass is 9.97. The van der Waals surface area contributed by atoms with Crippen LogP contribution >= 0.6 is 0 Å². The number of hydrogen-bond donors (Lipinski definition) is 2. The van der Waals surface area contributed by atoms with Gasteiger partial charge in [-0.3, -0.25) is 21.2 Å². The molecule has 0 saturated heterocycles. The fourth-order valence-electron chi connectivity index (χ4n) is 2.61. The van der Waals surface area contributed by atoms with Crippen molar-refractivity contribution in [2.75, 3.05) is 0 Å². The van der Waals surface area contributed by atoms with E-state index in [1.54, 1.807) is 0 Å². The molecule has 3 aromatic rings. The van der Waals surface area contributed by atoms with E-state index in [2.05, 4.69) is 27.5 Å². The molecule has 0 amide bonds. The summed E-state index contributed by atoms with van der Waals surface area (Å²) in [7, 11) is 0. The Balaban J connectivity index is 1.85. The van der Waals surface area contributed by atoms with Crippen molar-refractivity contribution in [2.24, 2.45) is 5.84 Å². The number of benzene rings is 1. The Bertz CT molecular complexity index is 707. The molecule has 3 N–H and O–H groups in total. The van der Waals surface area contributed by atoms with Gasteiger partial charge in [-0.25, -0.2) is 0 Å². The smallest absolute Gasteiger partial charge is 0.0484 e. The zero-order chi connectivity index (χ0) is 14.5. The van der Waals surface area contributed by atoms with Crippen LogP contribution in [0.25, 0.3) is 10.8 Å². The van der Waals surface area contributed by atoms with E-state index < -0.39 is 0 Å². The Kier molecular flexibility index (Phi) is 4.19. The van der Waals surface area contributed by atoms with Crippen molar-refractivity contribution in [3.63, 3.8) is 0 Å². The van der Waals surface area contributed by atoms with Crippen LogP contribution in [-0.2, 0) is 6.42 Å². The third-order valence-electron chi connectivity index (χ3n) is 3.75. The van der Waals surface area contributed by atoms with Crippen LogP contribution in [0.15, 0.2) is 61.2 Å². The van der Waals surface area contributed by atoms with E-state index in [1.807, 2.05) is 49.1 Å². The molecule has 21 heavy (non-hydrogen) atoms. The molecule has 0 aliphatic heterocycles. The van der Waals surface area contributed by atoms with Gasteiger partial charge in [0.15, 0.2) is 0 Å². The summed E-state index contributed by atoms with van der Waals surface area (Å²) in [5.74, 6) is 5.77. The van der Waals surface area contributed by atoms with Gasteiger partial charge >= 0.3 is 0 Å². The van der Waals surface area contributed by atoms with Gasteiger partial charge in [-0.1, -0.05) is 24.3 Å². The van der Waals surface area contributed by atoms with E-state index >= 15 is 0 Å². The summed E-state index contributed by atoms with van der Waals surface area (Å²) in [4.78, 5) is 8.37. The van der Waals surface area contributed by atoms with Crippen molar-refractivity contribution in [1.29, 1.82) is 0 Å². The number of hydrogen-bond acceptors (Lipinski definition) is 4. The topological polar surface area (TPSA) is 63.8 Å². The van der Waals surface area contributed by atoms with E-state index in [9.17, 15) is 0 Å². The van der Waals surface area contributed by atoms with Crippen molar-refractivity contribution in [3.8, 4) is 0 Å². The third kappa shape index (κ3) is 3.07. The predicted molar refractivity (Wildman–Crippen MR) is 84.4 cm³/mol. The Hall–Kier alpha value is -2.30. The highest BCUT2D eigenvalue weighted by atomic mass is 15.2. The molecule has 0 radical (unpaired) electrons. The van der Waals surface area contributed by atoms with Gasteiger partial charge in [-0.15, -0.1) is 0 Å². The highest BCUT2D eigenvalue weighted by Crippen LogP contribution is 2.25. The number of hydrazine groups is 1. The first-order valence-corrected chi connectivity index (χ1v) is 7.06. The number of nitrogens with two attached hydrogens (primary N) is 1. The van der Waals surface area contributed by atoms with Gasteiger partial charge in [0.25, 0.3) is 0 Å². The van der Waals surface area contributed by atoms with Crippen molar-refractivity contribution in [2.45, 2.75) is 18.9 Å². The fourth-order valence-corrected chi connectivity index (χ4v) is 2.61. The van der Waals surface area contributed by atoms with Crippen LogP contribution in [0.4, 0.5) is 0 Å². The van der Waals surface area contributed by atoms with Crippen molar-refractivity contribution in [3.05, 3.63) is 72.3 Å². The minimum absolute atomic E-state index is 0.0803. The van der Waals surface area contributed by atoms with Gasteiger partial charge in [0.1, 0.15) is 0 Å². The van der Waals surface area contributed by atoms with E-state index in [0.29, 0.717) is 0 Å². The molecule has 1 aromatic carbocycles. The number of aromatic nitrogens is 2. The average molecular weight is 278 g/mol. The second-order valence-corrected chi connectivity index (χ2v) is 5.06. The molecule has 4 heteroatoms. The molecule has 4 nitrogen and oxygen atoms in total. The highest BCUT2D eigenvalue weighted by molar-refractivity contribution is 5.85. The van der Waals surface area contributed by atoms with E-state index in [0.717, 1.165) is 23.8 Å². The van der Waals surface area contributed by atoms with E-state index in [-0.39, 0.29) is 6.04 Å². The standard InChI is InChI=1S/C17H18N4/c18-21-17(6-5-13-7-9-19-10-8-13)16-12-20-11-14-3-1-2-4-15(14)16/h1-4,7-12,17,21H,5-6,18H2. The normalized spacial score (nSPS) is 12.4. The second kappa shape index (κ2) is 6.43. The molecule has 3 rings (SSSR count). The molecule has 2 heterocycles. The lowest BCUT2D eigenvalue weighted by Gasteiger charge is -2.18. The maximum Gasteiger partial charge on any atom is 0.0484 e. The van der Waals surface area contributed by atoms with Gasteiger partial charge in [-0.2, -0.15) is 0 Å². The Morgan fingerprint density at radius 2 is 1.81 bits per heavy atom. The van der Waals surface area contributed by atoms with E-state index in [1.165, 1.54) is 10.9 Å². The minimum Gasteiger partial charge on any atom is -0.271 e.